The number of aliphatic hydroxyl groups excluding tert-OH is 1. The molecule has 0 spiro atoms. The van der Waals surface area contributed by atoms with E-state index in [0.29, 0.717) is 12.4 Å². The van der Waals surface area contributed by atoms with Crippen LogP contribution in [0.25, 0.3) is 0 Å². The predicted octanol–water partition coefficient (Wildman–Crippen LogP) is 3.07. The van der Waals surface area contributed by atoms with Gasteiger partial charge in [0.05, 0.1) is 13.7 Å². The molecule has 0 aliphatic heterocycles. The van der Waals surface area contributed by atoms with Crippen molar-refractivity contribution < 1.29 is 14.6 Å². The lowest BCUT2D eigenvalue weighted by atomic mass is 10.1. The Kier molecular flexibility index (Phi) is 4.42. The van der Waals surface area contributed by atoms with Crippen LogP contribution in [0.4, 0.5) is 0 Å². The highest BCUT2D eigenvalue weighted by molar-refractivity contribution is 5.45. The molecule has 0 heterocycles. The summed E-state index contributed by atoms with van der Waals surface area (Å²) in [7, 11) is 1.62. The Hall–Kier alpha value is -2.00. The van der Waals surface area contributed by atoms with Crippen LogP contribution in [0.3, 0.4) is 0 Å². The molecule has 0 aliphatic carbocycles. The Bertz CT molecular complexity index is 535. The van der Waals surface area contributed by atoms with Gasteiger partial charge in [-0.3, -0.25) is 0 Å². The van der Waals surface area contributed by atoms with Crippen LogP contribution in [-0.4, -0.2) is 12.2 Å². The monoisotopic (exact) mass is 258 g/mol. The molecule has 2 rings (SSSR count). The largest absolute Gasteiger partial charge is 0.497 e. The maximum atomic E-state index is 9.44. The molecule has 0 atom stereocenters. The van der Waals surface area contributed by atoms with Gasteiger partial charge in [-0.25, -0.2) is 0 Å². The second-order valence-corrected chi connectivity index (χ2v) is 4.35. The van der Waals surface area contributed by atoms with Gasteiger partial charge in [-0.05, 0) is 24.1 Å². The fourth-order valence-electron chi connectivity index (χ4n) is 1.94. The summed E-state index contributed by atoms with van der Waals surface area (Å²) in [5.74, 6) is 1.40. The number of ether oxygens (including phenoxy) is 2. The Morgan fingerprint density at radius 3 is 2.47 bits per heavy atom. The predicted molar refractivity (Wildman–Crippen MR) is 74.4 cm³/mol. The van der Waals surface area contributed by atoms with Crippen LogP contribution >= 0.6 is 0 Å². The average molecular weight is 258 g/mol. The minimum Gasteiger partial charge on any atom is -0.497 e. The number of methoxy groups -OCH3 is 1. The van der Waals surface area contributed by atoms with E-state index in [9.17, 15) is 5.11 Å². The van der Waals surface area contributed by atoms with E-state index in [0.717, 1.165) is 22.4 Å². The summed E-state index contributed by atoms with van der Waals surface area (Å²) in [6, 6.07) is 13.6. The molecule has 3 heteroatoms. The second kappa shape index (κ2) is 6.25. The maximum Gasteiger partial charge on any atom is 0.129 e. The van der Waals surface area contributed by atoms with Gasteiger partial charge in [0.1, 0.15) is 18.1 Å². The van der Waals surface area contributed by atoms with Gasteiger partial charge < -0.3 is 14.6 Å². The van der Waals surface area contributed by atoms with Crippen LogP contribution in [0.15, 0.2) is 42.5 Å². The number of hydrogen-bond donors (Lipinski definition) is 1. The fourth-order valence-corrected chi connectivity index (χ4v) is 1.94. The summed E-state index contributed by atoms with van der Waals surface area (Å²) in [6.07, 6.45) is 0. The van der Waals surface area contributed by atoms with Gasteiger partial charge in [-0.2, -0.15) is 0 Å². The third-order valence-electron chi connectivity index (χ3n) is 3.04. The van der Waals surface area contributed by atoms with Crippen molar-refractivity contribution in [3.8, 4) is 11.5 Å². The van der Waals surface area contributed by atoms with Gasteiger partial charge in [0.25, 0.3) is 0 Å². The van der Waals surface area contributed by atoms with E-state index in [-0.39, 0.29) is 6.61 Å². The van der Waals surface area contributed by atoms with Gasteiger partial charge in [0.15, 0.2) is 0 Å². The Morgan fingerprint density at radius 2 is 1.84 bits per heavy atom. The molecule has 1 N–H and O–H groups in total. The van der Waals surface area contributed by atoms with Crippen LogP contribution in [0.5, 0.6) is 11.5 Å². The lowest BCUT2D eigenvalue weighted by Gasteiger charge is -2.14. The first-order chi connectivity index (χ1) is 9.24. The third-order valence-corrected chi connectivity index (χ3v) is 3.04. The van der Waals surface area contributed by atoms with Crippen molar-refractivity contribution in [1.29, 1.82) is 0 Å². The highest BCUT2D eigenvalue weighted by Crippen LogP contribution is 2.29. The van der Waals surface area contributed by atoms with E-state index >= 15 is 0 Å². The molecular formula is C16H18O3. The molecule has 0 amide bonds. The minimum absolute atomic E-state index is 0.0417. The quantitative estimate of drug-likeness (QED) is 0.895. The molecule has 19 heavy (non-hydrogen) atoms. The Balaban J connectivity index is 2.21. The number of benzene rings is 2. The lowest BCUT2D eigenvalue weighted by molar-refractivity contribution is 0.257. The number of rotatable bonds is 5. The van der Waals surface area contributed by atoms with E-state index in [4.69, 9.17) is 9.47 Å². The topological polar surface area (TPSA) is 38.7 Å². The smallest absolute Gasteiger partial charge is 0.129 e. The van der Waals surface area contributed by atoms with Crippen molar-refractivity contribution >= 4 is 0 Å². The minimum atomic E-state index is -0.0417. The zero-order valence-electron chi connectivity index (χ0n) is 11.2. The average Bonchev–Trinajstić information content (AvgIpc) is 2.45. The molecular weight excluding hydrogens is 240 g/mol. The summed E-state index contributed by atoms with van der Waals surface area (Å²) in [4.78, 5) is 0. The molecule has 0 saturated heterocycles. The SMILES string of the molecule is COc1cc(C)c(CO)c(OCc2ccccc2)c1. The molecule has 2 aromatic rings. The van der Waals surface area contributed by atoms with Crippen molar-refractivity contribution in [1.82, 2.24) is 0 Å². The summed E-state index contributed by atoms with van der Waals surface area (Å²) in [5.41, 5.74) is 2.86. The number of hydrogen-bond acceptors (Lipinski definition) is 3. The fraction of sp³-hybridized carbons (Fsp3) is 0.250. The van der Waals surface area contributed by atoms with Gasteiger partial charge >= 0.3 is 0 Å². The molecule has 0 radical (unpaired) electrons. The first-order valence-electron chi connectivity index (χ1n) is 6.19. The van der Waals surface area contributed by atoms with Gasteiger partial charge in [0, 0.05) is 11.6 Å². The molecule has 0 bridgehead atoms. The van der Waals surface area contributed by atoms with Crippen molar-refractivity contribution in [2.45, 2.75) is 20.1 Å². The van der Waals surface area contributed by atoms with E-state index in [2.05, 4.69) is 0 Å². The van der Waals surface area contributed by atoms with Crippen LogP contribution in [0.2, 0.25) is 0 Å². The third kappa shape index (κ3) is 3.26. The molecule has 0 aromatic heterocycles. The highest BCUT2D eigenvalue weighted by Gasteiger charge is 2.09. The standard InChI is InChI=1S/C16H18O3/c1-12-8-14(18-2)9-16(15(12)10-17)19-11-13-6-4-3-5-7-13/h3-9,17H,10-11H2,1-2H3. The number of aryl methyl sites for hydroxylation is 1. The highest BCUT2D eigenvalue weighted by atomic mass is 16.5. The Labute approximate surface area is 113 Å². The number of aliphatic hydroxyl groups is 1. The summed E-state index contributed by atoms with van der Waals surface area (Å²) in [6.45, 7) is 2.36. The first-order valence-corrected chi connectivity index (χ1v) is 6.19. The molecule has 3 nitrogen and oxygen atoms in total. The molecule has 0 saturated carbocycles. The zero-order valence-corrected chi connectivity index (χ0v) is 11.2. The summed E-state index contributed by atoms with van der Waals surface area (Å²) < 4.78 is 11.0. The van der Waals surface area contributed by atoms with Crippen molar-refractivity contribution in [3.63, 3.8) is 0 Å². The van der Waals surface area contributed by atoms with Gasteiger partial charge in [-0.1, -0.05) is 30.3 Å². The Morgan fingerprint density at radius 1 is 1.11 bits per heavy atom. The van der Waals surface area contributed by atoms with Crippen molar-refractivity contribution in [3.05, 3.63) is 59.2 Å². The van der Waals surface area contributed by atoms with Crippen LogP contribution in [0, 0.1) is 6.92 Å². The molecule has 0 unspecified atom stereocenters. The normalized spacial score (nSPS) is 10.3. The van der Waals surface area contributed by atoms with Crippen LogP contribution in [0.1, 0.15) is 16.7 Å². The van der Waals surface area contributed by atoms with E-state index in [1.165, 1.54) is 0 Å². The molecule has 100 valence electrons. The van der Waals surface area contributed by atoms with E-state index < -0.39 is 0 Å². The van der Waals surface area contributed by atoms with E-state index in [1.54, 1.807) is 7.11 Å². The molecule has 0 aliphatic rings. The summed E-state index contributed by atoms with van der Waals surface area (Å²) in [5, 5.41) is 9.44. The maximum absolute atomic E-state index is 9.44. The summed E-state index contributed by atoms with van der Waals surface area (Å²) >= 11 is 0. The van der Waals surface area contributed by atoms with Crippen molar-refractivity contribution in [2.24, 2.45) is 0 Å². The zero-order chi connectivity index (χ0) is 13.7. The second-order valence-electron chi connectivity index (χ2n) is 4.35. The van der Waals surface area contributed by atoms with Crippen LogP contribution in [-0.2, 0) is 13.2 Å². The lowest BCUT2D eigenvalue weighted by Crippen LogP contribution is -2.01. The first kappa shape index (κ1) is 13.4. The van der Waals surface area contributed by atoms with Gasteiger partial charge in [-0.15, -0.1) is 0 Å². The van der Waals surface area contributed by atoms with E-state index in [1.807, 2.05) is 49.4 Å². The van der Waals surface area contributed by atoms with Gasteiger partial charge in [0.2, 0.25) is 0 Å². The van der Waals surface area contributed by atoms with Crippen molar-refractivity contribution in [2.75, 3.05) is 7.11 Å². The molecule has 0 fully saturated rings. The van der Waals surface area contributed by atoms with Crippen LogP contribution < -0.4 is 9.47 Å². The molecule has 2 aromatic carbocycles.